The summed E-state index contributed by atoms with van der Waals surface area (Å²) < 4.78 is 44.0. The summed E-state index contributed by atoms with van der Waals surface area (Å²) in [5.74, 6) is -4.07. The van der Waals surface area contributed by atoms with E-state index in [9.17, 15) is 32.1 Å². The maximum absolute atomic E-state index is 13.0. The molecule has 0 aromatic carbocycles. The molecular weight excluding hydrogens is 545 g/mol. The first kappa shape index (κ1) is 32.7. The SMILES string of the molecule is COC(=O)C[C@H]1[C@H](NC(=O)C(=NOC(C)(C)C(=O)OC(C)(C)C)c2csc(N)n2)C(=O)N1S(=O)(=O)[O-].[Na+]. The molecule has 0 bridgehead atoms. The van der Waals surface area contributed by atoms with E-state index in [2.05, 4.69) is 20.2 Å². The number of nitrogen functional groups attached to an aromatic ring is 1. The standard InChI is InChI=1S/C19H27N5O10S2.Na/c1-18(2,3)33-16(28)19(4,5)34-23-12(9-8-35-17(20)21-9)14(26)22-13-10(7-11(25)32-6)24(15(13)27)36(29,30)31;/h8,10,13H,7H2,1-6H3,(H2,20,21)(H,22,26)(H,29,30,31);/q;+1/p-1/t10-,13-;/m0./s1. The second-order valence-electron chi connectivity index (χ2n) is 9.00. The maximum Gasteiger partial charge on any atom is 1.00 e. The van der Waals surface area contributed by atoms with Crippen molar-refractivity contribution < 1.29 is 76.0 Å². The van der Waals surface area contributed by atoms with Gasteiger partial charge in [-0.15, -0.1) is 11.3 Å². The average molecular weight is 572 g/mol. The number of ether oxygens (including phenoxy) is 2. The molecule has 0 aliphatic carbocycles. The third kappa shape index (κ3) is 8.34. The number of hydrogen-bond acceptors (Lipinski definition) is 14. The molecule has 2 heterocycles. The van der Waals surface area contributed by atoms with Crippen LogP contribution < -0.4 is 40.6 Å². The summed E-state index contributed by atoms with van der Waals surface area (Å²) in [5, 5.41) is 7.35. The van der Waals surface area contributed by atoms with E-state index in [0.29, 0.717) is 0 Å². The van der Waals surface area contributed by atoms with Crippen LogP contribution in [0.5, 0.6) is 0 Å². The smallest absolute Gasteiger partial charge is 0.731 e. The number of oxime groups is 1. The quantitative estimate of drug-likeness (QED) is 0.0730. The van der Waals surface area contributed by atoms with Gasteiger partial charge in [0.1, 0.15) is 17.3 Å². The van der Waals surface area contributed by atoms with Crippen molar-refractivity contribution in [3.05, 3.63) is 11.1 Å². The molecule has 1 aliphatic rings. The monoisotopic (exact) mass is 571 g/mol. The Bertz CT molecular complexity index is 1190. The Kier molecular flexibility index (Phi) is 10.6. The third-order valence-electron chi connectivity index (χ3n) is 4.54. The van der Waals surface area contributed by atoms with Gasteiger partial charge >= 0.3 is 41.5 Å². The van der Waals surface area contributed by atoms with E-state index in [1.165, 1.54) is 19.2 Å². The molecule has 1 saturated heterocycles. The molecule has 1 aromatic heterocycles. The summed E-state index contributed by atoms with van der Waals surface area (Å²) in [4.78, 5) is 58.7. The predicted octanol–water partition coefficient (Wildman–Crippen LogP) is -3.71. The van der Waals surface area contributed by atoms with Crippen molar-refractivity contribution in [3.8, 4) is 0 Å². The van der Waals surface area contributed by atoms with Crippen molar-refractivity contribution in [2.75, 3.05) is 12.8 Å². The molecule has 0 spiro atoms. The number of nitrogens with one attached hydrogen (secondary N) is 1. The van der Waals surface area contributed by atoms with Crippen LogP contribution in [0.4, 0.5) is 5.13 Å². The number of nitrogens with zero attached hydrogens (tertiary/aromatic N) is 3. The second-order valence-corrected chi connectivity index (χ2v) is 11.1. The number of hydrogen-bond donors (Lipinski definition) is 2. The molecule has 0 unspecified atom stereocenters. The summed E-state index contributed by atoms with van der Waals surface area (Å²) in [5.41, 5.74) is 2.53. The van der Waals surface area contributed by atoms with Gasteiger partial charge in [-0.05, 0) is 34.6 Å². The van der Waals surface area contributed by atoms with Crippen molar-refractivity contribution in [2.24, 2.45) is 5.16 Å². The van der Waals surface area contributed by atoms with E-state index in [4.69, 9.17) is 15.3 Å². The molecule has 3 N–H and O–H groups in total. The summed E-state index contributed by atoms with van der Waals surface area (Å²) >= 11 is 0.954. The van der Waals surface area contributed by atoms with Gasteiger partial charge in [0, 0.05) is 5.38 Å². The van der Waals surface area contributed by atoms with Crippen molar-refractivity contribution in [1.29, 1.82) is 0 Å². The number of esters is 2. The van der Waals surface area contributed by atoms with Gasteiger partial charge in [0.25, 0.3) is 11.8 Å². The van der Waals surface area contributed by atoms with E-state index in [-0.39, 0.29) is 44.7 Å². The molecule has 1 fully saturated rings. The number of amides is 2. The number of aromatic nitrogens is 1. The van der Waals surface area contributed by atoms with Crippen molar-refractivity contribution in [1.82, 2.24) is 14.6 Å². The summed E-state index contributed by atoms with van der Waals surface area (Å²) in [6, 6.07) is -3.11. The van der Waals surface area contributed by atoms with Gasteiger partial charge < -0.3 is 29.9 Å². The number of β-lactam (4-membered cyclic amide) rings is 1. The molecule has 200 valence electrons. The fraction of sp³-hybridized carbons (Fsp3) is 0.579. The Morgan fingerprint density at radius 1 is 1.27 bits per heavy atom. The van der Waals surface area contributed by atoms with Crippen molar-refractivity contribution in [3.63, 3.8) is 0 Å². The van der Waals surface area contributed by atoms with Crippen LogP contribution >= 0.6 is 11.3 Å². The van der Waals surface area contributed by atoms with Crippen LogP contribution in [-0.4, -0.2) is 82.1 Å². The van der Waals surface area contributed by atoms with Gasteiger partial charge in [0.15, 0.2) is 21.1 Å². The Morgan fingerprint density at radius 2 is 1.86 bits per heavy atom. The van der Waals surface area contributed by atoms with Gasteiger partial charge in [-0.3, -0.25) is 14.4 Å². The van der Waals surface area contributed by atoms with Crippen LogP contribution in [0.2, 0.25) is 0 Å². The van der Waals surface area contributed by atoms with Crippen LogP contribution in [0.25, 0.3) is 0 Å². The Morgan fingerprint density at radius 3 is 2.32 bits per heavy atom. The van der Waals surface area contributed by atoms with Gasteiger partial charge in [-0.1, -0.05) is 5.16 Å². The van der Waals surface area contributed by atoms with Gasteiger partial charge in [0.05, 0.1) is 19.6 Å². The predicted molar refractivity (Wildman–Crippen MR) is 123 cm³/mol. The van der Waals surface area contributed by atoms with E-state index >= 15 is 0 Å². The normalized spacial score (nSPS) is 18.3. The zero-order chi connectivity index (χ0) is 27.6. The number of rotatable bonds is 9. The third-order valence-corrected chi connectivity index (χ3v) is 6.14. The molecular formula is C19H26N5NaO10S2. The van der Waals surface area contributed by atoms with Crippen LogP contribution in [-0.2, 0) is 43.8 Å². The fourth-order valence-corrected chi connectivity index (χ4v) is 4.23. The zero-order valence-electron chi connectivity index (χ0n) is 21.3. The van der Waals surface area contributed by atoms with Gasteiger partial charge in [-0.2, -0.15) is 0 Å². The number of methoxy groups -OCH3 is 1. The molecule has 37 heavy (non-hydrogen) atoms. The topological polar surface area (TPSA) is 220 Å². The zero-order valence-corrected chi connectivity index (χ0v) is 24.9. The van der Waals surface area contributed by atoms with Crippen LogP contribution in [0.3, 0.4) is 0 Å². The van der Waals surface area contributed by atoms with Crippen LogP contribution in [0.15, 0.2) is 10.5 Å². The number of nitrogens with two attached hydrogens (primary N) is 1. The van der Waals surface area contributed by atoms with Gasteiger partial charge in [-0.25, -0.2) is 22.5 Å². The maximum atomic E-state index is 13.0. The molecule has 18 heteroatoms. The van der Waals surface area contributed by atoms with Crippen molar-refractivity contribution >= 4 is 56.2 Å². The molecule has 15 nitrogen and oxygen atoms in total. The van der Waals surface area contributed by atoms with Gasteiger partial charge in [0.2, 0.25) is 5.60 Å². The summed E-state index contributed by atoms with van der Waals surface area (Å²) in [6.07, 6.45) is -0.688. The molecule has 1 aromatic rings. The molecule has 0 radical (unpaired) electrons. The summed E-state index contributed by atoms with van der Waals surface area (Å²) in [7, 11) is -4.25. The minimum Gasteiger partial charge on any atom is -0.731 e. The number of thiazole rings is 1. The van der Waals surface area contributed by atoms with Crippen LogP contribution in [0.1, 0.15) is 46.7 Å². The van der Waals surface area contributed by atoms with E-state index in [0.717, 1.165) is 18.4 Å². The number of anilines is 1. The first-order valence-electron chi connectivity index (χ1n) is 10.2. The fourth-order valence-electron chi connectivity index (χ4n) is 2.82. The minimum absolute atomic E-state index is 0. The molecule has 2 amide bonds. The Balaban J connectivity index is 0.00000684. The Labute approximate surface area is 239 Å². The number of carbonyl (C=O) groups excluding carboxylic acids is 4. The number of carbonyl (C=O) groups is 4. The summed E-state index contributed by atoms with van der Waals surface area (Å²) in [6.45, 7) is 7.62. The van der Waals surface area contributed by atoms with Crippen molar-refractivity contribution in [2.45, 2.75) is 64.3 Å². The van der Waals surface area contributed by atoms with E-state index < -0.39 is 69.5 Å². The molecule has 1 aliphatic heterocycles. The first-order chi connectivity index (χ1) is 16.4. The van der Waals surface area contributed by atoms with Crippen LogP contribution in [0, 0.1) is 0 Å². The molecule has 2 rings (SSSR count). The minimum atomic E-state index is -5.27. The largest absolute Gasteiger partial charge is 1.00 e. The average Bonchev–Trinajstić information content (AvgIpc) is 3.15. The Hall–Kier alpha value is -2.31. The first-order valence-corrected chi connectivity index (χ1v) is 12.5. The van der Waals surface area contributed by atoms with E-state index in [1.807, 2.05) is 0 Å². The molecule has 2 atom stereocenters. The van der Waals surface area contributed by atoms with E-state index in [1.54, 1.807) is 20.8 Å². The molecule has 0 saturated carbocycles. The second kappa shape index (κ2) is 12.0.